The van der Waals surface area contributed by atoms with E-state index in [9.17, 15) is 63.7 Å². The zero-order valence-corrected chi connectivity index (χ0v) is 23.8. The SMILES string of the molecule is CCN.CCN.CCN.CCN.CCN.O=C([O-])C(F)(F)C(F)(F)CF.O=C([O-])C(F)(F)C(F)(F)CF.[Cl][Co+2]. The van der Waals surface area contributed by atoms with Crippen molar-refractivity contribution in [3.63, 3.8) is 0 Å². The average Bonchev–Trinajstić information content (AvgIpc) is 2.83. The maximum absolute atomic E-state index is 11.7. The second-order valence-electron chi connectivity index (χ2n) is 5.44. The van der Waals surface area contributed by atoms with Crippen molar-refractivity contribution < 1.29 is 78.5 Å². The molecule has 0 aromatic carbocycles. The normalized spacial score (nSPS) is 9.90. The molecule has 21 heteroatoms. The van der Waals surface area contributed by atoms with E-state index in [0.29, 0.717) is 0 Å². The number of carboxylic acids is 2. The topological polar surface area (TPSA) is 210 Å². The van der Waals surface area contributed by atoms with E-state index in [2.05, 4.69) is 25.0 Å². The minimum atomic E-state index is -5.46. The Hall–Kier alpha value is -1.16. The van der Waals surface area contributed by atoms with Gasteiger partial charge in [0.2, 0.25) is 0 Å². The number of carbonyl (C=O) groups is 2. The van der Waals surface area contributed by atoms with Gasteiger partial charge in [0.25, 0.3) is 0 Å². The second kappa shape index (κ2) is 36.8. The molecule has 0 aliphatic heterocycles. The van der Waals surface area contributed by atoms with Crippen molar-refractivity contribution in [3.05, 3.63) is 0 Å². The molecule has 0 unspecified atom stereocenters. The van der Waals surface area contributed by atoms with Crippen LogP contribution in [0.5, 0.6) is 0 Å². The molecule has 0 aliphatic carbocycles. The molecule has 0 saturated heterocycles. The molecule has 0 bridgehead atoms. The number of carboxylic acid groups (broad SMARTS) is 2. The fourth-order valence-corrected chi connectivity index (χ4v) is 0.466. The van der Waals surface area contributed by atoms with Crippen molar-refractivity contribution in [2.24, 2.45) is 28.7 Å². The summed E-state index contributed by atoms with van der Waals surface area (Å²) in [5, 5.41) is 18.6. The first-order valence-corrected chi connectivity index (χ1v) is 11.7. The van der Waals surface area contributed by atoms with Crippen molar-refractivity contribution in [3.8, 4) is 0 Å². The van der Waals surface area contributed by atoms with Gasteiger partial charge in [0, 0.05) is 0 Å². The molecule has 9 nitrogen and oxygen atoms in total. The zero-order chi connectivity index (χ0) is 34.1. The molecular weight excluding hydrogens is 635 g/mol. The molecule has 0 fully saturated rings. The van der Waals surface area contributed by atoms with E-state index in [1.54, 1.807) is 0 Å². The Balaban J connectivity index is -0.0000000527. The maximum atomic E-state index is 11.7. The summed E-state index contributed by atoms with van der Waals surface area (Å²) in [6, 6.07) is 0. The van der Waals surface area contributed by atoms with Gasteiger partial charge >= 0.3 is 48.7 Å². The number of nitrogens with two attached hydrogens (primary N) is 5. The molecule has 39 heavy (non-hydrogen) atoms. The predicted octanol–water partition coefficient (Wildman–Crippen LogP) is 0.465. The Labute approximate surface area is 234 Å². The van der Waals surface area contributed by atoms with Crippen LogP contribution in [-0.2, 0) is 24.4 Å². The van der Waals surface area contributed by atoms with Gasteiger partial charge in [0.15, 0.2) is 13.3 Å². The van der Waals surface area contributed by atoms with E-state index in [-0.39, 0.29) is 0 Å². The summed E-state index contributed by atoms with van der Waals surface area (Å²) < 4.78 is 115. The Morgan fingerprint density at radius 3 is 0.692 bits per heavy atom. The molecule has 0 aromatic heterocycles. The molecule has 0 radical (unpaired) electrons. The number of halogens is 11. The zero-order valence-electron chi connectivity index (χ0n) is 22.0. The summed E-state index contributed by atoms with van der Waals surface area (Å²) in [6.07, 6.45) is 0. The Morgan fingerprint density at radius 2 is 0.667 bits per heavy atom. The van der Waals surface area contributed by atoms with Crippen molar-refractivity contribution >= 4 is 22.1 Å². The van der Waals surface area contributed by atoms with Crippen molar-refractivity contribution in [1.29, 1.82) is 0 Å². The van der Waals surface area contributed by atoms with Crippen LogP contribution < -0.4 is 38.9 Å². The Kier molecular flexibility index (Phi) is 54.5. The van der Waals surface area contributed by atoms with E-state index in [4.69, 9.17) is 28.7 Å². The van der Waals surface area contributed by atoms with Crippen LogP contribution in [0.1, 0.15) is 34.6 Å². The van der Waals surface area contributed by atoms with Crippen molar-refractivity contribution in [2.75, 3.05) is 46.1 Å². The summed E-state index contributed by atoms with van der Waals surface area (Å²) in [5.74, 6) is -27.9. The van der Waals surface area contributed by atoms with Gasteiger partial charge in [-0.1, -0.05) is 34.6 Å². The number of carbonyl (C=O) groups excluding carboxylic acids is 2. The summed E-state index contributed by atoms with van der Waals surface area (Å²) >= 11 is 3.03. The number of rotatable bonds is 6. The Bertz CT molecular complexity index is 471. The van der Waals surface area contributed by atoms with Crippen LogP contribution in [0.3, 0.4) is 0 Å². The molecule has 10 N–H and O–H groups in total. The molecule has 0 aromatic rings. The molecule has 0 rings (SSSR count). The fourth-order valence-electron chi connectivity index (χ4n) is 0.466. The van der Waals surface area contributed by atoms with Crippen LogP contribution in [0.25, 0.3) is 0 Å². The van der Waals surface area contributed by atoms with E-state index in [1.165, 1.54) is 0 Å². The van der Waals surface area contributed by atoms with Gasteiger partial charge in [-0.2, -0.15) is 35.1 Å². The van der Waals surface area contributed by atoms with E-state index in [0.717, 1.165) is 32.7 Å². The fraction of sp³-hybridized carbons (Fsp3) is 0.889. The predicted molar refractivity (Wildman–Crippen MR) is 121 cm³/mol. The summed E-state index contributed by atoms with van der Waals surface area (Å²) in [7, 11) is 4.33. The molecule has 0 aliphatic rings. The molecule has 0 saturated carbocycles. The van der Waals surface area contributed by atoms with Crippen LogP contribution in [0.2, 0.25) is 0 Å². The molecule has 246 valence electrons. The van der Waals surface area contributed by atoms with Gasteiger partial charge in [-0.3, -0.25) is 0 Å². The van der Waals surface area contributed by atoms with Crippen molar-refractivity contribution in [2.45, 2.75) is 58.3 Å². The molecule has 0 atom stereocenters. The number of hydrogen-bond donors (Lipinski definition) is 5. The standard InChI is InChI=1S/2C4H3F5O2.5C2H7N.ClH.Co/c2*5-1-3(6,7)4(8,9)2(10)11;5*1-2-3;;/h2*1H2,(H,10,11);5*2-3H2,1H3;1H;/q;;;;;;;;+3/p-3. The van der Waals surface area contributed by atoms with Gasteiger partial charge in [-0.25, -0.2) is 8.78 Å². The monoisotopic (exact) mass is 673 g/mol. The third kappa shape index (κ3) is 36.8. The first-order chi connectivity index (χ1) is 17.6. The number of aliphatic carboxylic acids is 2. The van der Waals surface area contributed by atoms with Gasteiger partial charge in [-0.15, -0.1) is 0 Å². The second-order valence-corrected chi connectivity index (χ2v) is 5.44. The molecule has 0 spiro atoms. The van der Waals surface area contributed by atoms with Gasteiger partial charge in [-0.05, 0) is 32.7 Å². The van der Waals surface area contributed by atoms with Gasteiger partial charge < -0.3 is 48.5 Å². The molecule has 0 amide bonds. The Morgan fingerprint density at radius 1 is 0.564 bits per heavy atom. The van der Waals surface area contributed by atoms with Crippen LogP contribution in [0.4, 0.5) is 43.9 Å². The molecular formula is C18H39ClCoF10N5O4. The van der Waals surface area contributed by atoms with Gasteiger partial charge in [0.1, 0.15) is 11.9 Å². The van der Waals surface area contributed by atoms with Gasteiger partial charge in [0.05, 0.1) is 0 Å². The molecule has 0 heterocycles. The van der Waals surface area contributed by atoms with E-state index >= 15 is 0 Å². The first kappa shape index (κ1) is 57.7. The summed E-state index contributed by atoms with van der Waals surface area (Å²) in [4.78, 5) is 18.6. The van der Waals surface area contributed by atoms with Crippen molar-refractivity contribution in [1.82, 2.24) is 0 Å². The third-order valence-electron chi connectivity index (χ3n) is 1.77. The quantitative estimate of drug-likeness (QED) is 0.248. The summed E-state index contributed by atoms with van der Waals surface area (Å²) in [6.45, 7) is 7.78. The van der Waals surface area contributed by atoms with Crippen LogP contribution in [0.15, 0.2) is 0 Å². The summed E-state index contributed by atoms with van der Waals surface area (Å²) in [5.41, 5.74) is 24.2. The van der Waals surface area contributed by atoms with Crippen LogP contribution in [-0.4, -0.2) is 81.7 Å². The third-order valence-corrected chi connectivity index (χ3v) is 1.77. The van der Waals surface area contributed by atoms with Crippen LogP contribution >= 0.6 is 10.1 Å². The minimum absolute atomic E-state index is 0.750. The van der Waals surface area contributed by atoms with E-state index in [1.807, 2.05) is 34.6 Å². The van der Waals surface area contributed by atoms with E-state index < -0.39 is 49.0 Å². The number of alkyl halides is 10. The first-order valence-electron chi connectivity index (χ1n) is 10.3. The van der Waals surface area contributed by atoms with Crippen LogP contribution in [0, 0.1) is 0 Å². The average molecular weight is 674 g/mol. The number of hydrogen-bond acceptors (Lipinski definition) is 9.